The third kappa shape index (κ3) is 15.1. The van der Waals surface area contributed by atoms with Gasteiger partial charge < -0.3 is 20.3 Å². The molecule has 0 aliphatic heterocycles. The van der Waals surface area contributed by atoms with Crippen LogP contribution >= 0.6 is 24.0 Å². The lowest BCUT2D eigenvalue weighted by Crippen LogP contribution is -2.45. The monoisotopic (exact) mass is 535 g/mol. The average Bonchev–Trinajstić information content (AvgIpc) is 2.46. The molecule has 1 unspecified atom stereocenters. The van der Waals surface area contributed by atoms with Gasteiger partial charge in [-0.25, -0.2) is 18.4 Å². The number of hydrogen-bond acceptors (Lipinski definition) is 5. The maximum Gasteiger partial charge on any atom is 0.407 e. The molecule has 0 aliphatic rings. The summed E-state index contributed by atoms with van der Waals surface area (Å²) in [7, 11) is -1.68. The predicted molar refractivity (Wildman–Crippen MR) is 125 cm³/mol. The minimum absolute atomic E-state index is 0. The molecule has 0 spiro atoms. The molecule has 0 radical (unpaired) electrons. The Labute approximate surface area is 187 Å². The van der Waals surface area contributed by atoms with E-state index in [4.69, 9.17) is 9.88 Å². The number of nitrogens with zero attached hydrogens (tertiary/aromatic N) is 2. The first-order chi connectivity index (χ1) is 12.2. The van der Waals surface area contributed by atoms with E-state index in [1.807, 2.05) is 53.5 Å². The van der Waals surface area contributed by atoms with Crippen molar-refractivity contribution in [3.8, 4) is 0 Å². The molecule has 1 atom stereocenters. The smallest absolute Gasteiger partial charge is 0.407 e. The molecular weight excluding hydrogens is 497 g/mol. The summed E-state index contributed by atoms with van der Waals surface area (Å²) in [6.45, 7) is 12.9. The van der Waals surface area contributed by atoms with Gasteiger partial charge in [0.05, 0.1) is 12.3 Å². The van der Waals surface area contributed by atoms with Crippen LogP contribution in [0.1, 0.15) is 48.0 Å². The average molecular weight is 535 g/mol. The van der Waals surface area contributed by atoms with Gasteiger partial charge in [0.15, 0.2) is 5.96 Å². The molecule has 0 aromatic rings. The van der Waals surface area contributed by atoms with Crippen molar-refractivity contribution in [2.24, 2.45) is 16.0 Å². The summed E-state index contributed by atoms with van der Waals surface area (Å²) in [6.07, 6.45) is 0.255. The topological polar surface area (TPSA) is 126 Å². The second kappa shape index (κ2) is 13.4. The van der Waals surface area contributed by atoms with Crippen molar-refractivity contribution in [2.75, 3.05) is 32.4 Å². The molecule has 0 saturated heterocycles. The standard InChI is InChI=1S/C17H37N5O4S.HI/c1-8-19-15(20-10-12-27(18,24)25)22(7)11-9-14(13(2)3)21-16(23)26-17(4,5)6;/h13-14H,8-12H2,1-7H3,(H,19,20)(H,21,23)(H2,18,24,25);1H. The molecule has 0 saturated carbocycles. The fraction of sp³-hybridized carbons (Fsp3) is 0.882. The van der Waals surface area contributed by atoms with Crippen LogP contribution in [0.15, 0.2) is 4.99 Å². The van der Waals surface area contributed by atoms with Crippen LogP contribution in [-0.4, -0.2) is 69.4 Å². The van der Waals surface area contributed by atoms with E-state index in [1.54, 1.807) is 0 Å². The van der Waals surface area contributed by atoms with Gasteiger partial charge in [-0.15, -0.1) is 24.0 Å². The number of aliphatic imine (C=N–C) groups is 1. The summed E-state index contributed by atoms with van der Waals surface area (Å²) in [5, 5.41) is 11.1. The Balaban J connectivity index is 0. The van der Waals surface area contributed by atoms with Crippen LogP contribution in [0.2, 0.25) is 0 Å². The van der Waals surface area contributed by atoms with Crippen molar-refractivity contribution >= 4 is 46.1 Å². The highest BCUT2D eigenvalue weighted by atomic mass is 127. The minimum Gasteiger partial charge on any atom is -0.444 e. The van der Waals surface area contributed by atoms with Gasteiger partial charge in [-0.2, -0.15) is 0 Å². The van der Waals surface area contributed by atoms with Gasteiger partial charge in [-0.3, -0.25) is 4.99 Å². The molecule has 0 fully saturated rings. The Morgan fingerprint density at radius 1 is 1.29 bits per heavy atom. The number of amides is 1. The van der Waals surface area contributed by atoms with E-state index in [0.717, 1.165) is 0 Å². The highest BCUT2D eigenvalue weighted by molar-refractivity contribution is 14.0. The van der Waals surface area contributed by atoms with Gasteiger partial charge >= 0.3 is 6.09 Å². The van der Waals surface area contributed by atoms with E-state index in [1.165, 1.54) is 0 Å². The van der Waals surface area contributed by atoms with Crippen molar-refractivity contribution < 1.29 is 17.9 Å². The lowest BCUT2D eigenvalue weighted by molar-refractivity contribution is 0.0486. The molecule has 0 aliphatic carbocycles. The normalized spacial score (nSPS) is 13.5. The van der Waals surface area contributed by atoms with Crippen molar-refractivity contribution in [1.29, 1.82) is 0 Å². The number of halogens is 1. The van der Waals surface area contributed by atoms with Gasteiger partial charge in [0.1, 0.15) is 5.60 Å². The van der Waals surface area contributed by atoms with E-state index < -0.39 is 21.7 Å². The Bertz CT molecular complexity index is 591. The Morgan fingerprint density at radius 3 is 2.29 bits per heavy atom. The predicted octanol–water partition coefficient (Wildman–Crippen LogP) is 1.73. The van der Waals surface area contributed by atoms with Crippen LogP contribution in [0.3, 0.4) is 0 Å². The van der Waals surface area contributed by atoms with Crippen LogP contribution in [-0.2, 0) is 14.8 Å². The summed E-state index contributed by atoms with van der Waals surface area (Å²) in [5.41, 5.74) is -0.545. The quantitative estimate of drug-likeness (QED) is 0.235. The fourth-order valence-corrected chi connectivity index (χ4v) is 2.56. The summed E-state index contributed by atoms with van der Waals surface area (Å²) >= 11 is 0. The number of primary sulfonamides is 1. The van der Waals surface area contributed by atoms with Gasteiger partial charge in [0.25, 0.3) is 0 Å². The van der Waals surface area contributed by atoms with Gasteiger partial charge in [-0.05, 0) is 40.0 Å². The molecule has 0 aromatic heterocycles. The lowest BCUT2D eigenvalue weighted by atomic mass is 10.0. The fourth-order valence-electron chi connectivity index (χ4n) is 2.22. The maximum atomic E-state index is 12.0. The molecule has 168 valence electrons. The number of nitrogens with one attached hydrogen (secondary N) is 2. The number of rotatable bonds is 9. The van der Waals surface area contributed by atoms with Crippen molar-refractivity contribution in [3.05, 3.63) is 0 Å². The van der Waals surface area contributed by atoms with E-state index in [0.29, 0.717) is 25.5 Å². The molecule has 9 nitrogen and oxygen atoms in total. The number of guanidine groups is 1. The summed E-state index contributed by atoms with van der Waals surface area (Å²) in [5.74, 6) is 0.624. The minimum atomic E-state index is -3.54. The van der Waals surface area contributed by atoms with Crippen LogP contribution in [0, 0.1) is 5.92 Å². The number of alkyl carbamates (subject to hydrolysis) is 1. The first-order valence-electron chi connectivity index (χ1n) is 9.24. The van der Waals surface area contributed by atoms with Gasteiger partial charge in [-0.1, -0.05) is 13.8 Å². The van der Waals surface area contributed by atoms with E-state index in [2.05, 4.69) is 15.6 Å². The first kappa shape index (κ1) is 29.4. The third-order valence-electron chi connectivity index (χ3n) is 3.62. The Kier molecular flexibility index (Phi) is 14.1. The summed E-state index contributed by atoms with van der Waals surface area (Å²) in [4.78, 5) is 18.2. The molecule has 4 N–H and O–H groups in total. The number of sulfonamides is 1. The van der Waals surface area contributed by atoms with Crippen LogP contribution in [0.25, 0.3) is 0 Å². The zero-order chi connectivity index (χ0) is 21.3. The molecule has 1 amide bonds. The molecule has 0 rings (SSSR count). The largest absolute Gasteiger partial charge is 0.444 e. The summed E-state index contributed by atoms with van der Waals surface area (Å²) < 4.78 is 27.4. The van der Waals surface area contributed by atoms with Crippen molar-refractivity contribution in [2.45, 2.75) is 59.6 Å². The lowest BCUT2D eigenvalue weighted by Gasteiger charge is -2.28. The summed E-state index contributed by atoms with van der Waals surface area (Å²) in [6, 6.07) is -0.0606. The number of nitrogens with two attached hydrogens (primary N) is 1. The van der Waals surface area contributed by atoms with Crippen molar-refractivity contribution in [3.63, 3.8) is 0 Å². The third-order valence-corrected chi connectivity index (χ3v) is 4.37. The van der Waals surface area contributed by atoms with E-state index in [-0.39, 0.29) is 48.2 Å². The van der Waals surface area contributed by atoms with Gasteiger partial charge in [0.2, 0.25) is 10.0 Å². The Morgan fingerprint density at radius 2 is 1.86 bits per heavy atom. The molecule has 0 aromatic carbocycles. The van der Waals surface area contributed by atoms with Crippen molar-refractivity contribution in [1.82, 2.24) is 15.5 Å². The number of carbonyl (C=O) groups excluding carboxylic acids is 1. The Hall–Kier alpha value is -0.820. The van der Waals surface area contributed by atoms with Crippen LogP contribution in [0.4, 0.5) is 4.79 Å². The van der Waals surface area contributed by atoms with E-state index in [9.17, 15) is 13.2 Å². The van der Waals surface area contributed by atoms with Crippen LogP contribution < -0.4 is 15.8 Å². The van der Waals surface area contributed by atoms with E-state index >= 15 is 0 Å². The molecule has 28 heavy (non-hydrogen) atoms. The zero-order valence-electron chi connectivity index (χ0n) is 18.1. The molecular formula is C17H38IN5O4S. The maximum absolute atomic E-state index is 12.0. The molecule has 0 heterocycles. The highest BCUT2D eigenvalue weighted by Crippen LogP contribution is 2.11. The molecule has 0 bridgehead atoms. The SMILES string of the molecule is CCNC(=NCCS(N)(=O)=O)N(C)CCC(NC(=O)OC(C)(C)C)C(C)C.I. The zero-order valence-corrected chi connectivity index (χ0v) is 21.3. The van der Waals surface area contributed by atoms with Gasteiger partial charge in [0, 0.05) is 26.2 Å². The first-order valence-corrected chi connectivity index (χ1v) is 11.0. The second-order valence-corrected chi connectivity index (χ2v) is 9.54. The molecule has 11 heteroatoms. The number of ether oxygens (including phenoxy) is 1. The highest BCUT2D eigenvalue weighted by Gasteiger charge is 2.22. The van der Waals surface area contributed by atoms with Crippen LogP contribution in [0.5, 0.6) is 0 Å². The number of carbonyl (C=O) groups is 1. The number of hydrogen-bond donors (Lipinski definition) is 3. The second-order valence-electron chi connectivity index (χ2n) is 7.81.